The number of aromatic nitrogens is 1. The standard InChI is InChI=1S/C18H21N3O/c1-13-11-17(19)20-12-15(13)16-9-5-6-10-21(16)18(22)14-7-3-2-4-8-14/h2-4,7-8,11-12,16H,5-6,9-10H2,1H3,(H2,19,20). The molecule has 1 aliphatic rings. The molecule has 1 aliphatic heterocycles. The Bertz CT molecular complexity index is 669. The minimum atomic E-state index is 0.0922. The molecular formula is C18H21N3O. The average Bonchev–Trinajstić information content (AvgIpc) is 2.55. The number of piperidine rings is 1. The molecule has 0 aliphatic carbocycles. The molecule has 2 aromatic rings. The molecule has 114 valence electrons. The molecule has 2 N–H and O–H groups in total. The summed E-state index contributed by atoms with van der Waals surface area (Å²) in [6.45, 7) is 2.83. The van der Waals surface area contributed by atoms with Gasteiger partial charge in [0.2, 0.25) is 0 Å². The lowest BCUT2D eigenvalue weighted by Gasteiger charge is -2.36. The highest BCUT2D eigenvalue weighted by atomic mass is 16.2. The Morgan fingerprint density at radius 2 is 2.05 bits per heavy atom. The molecule has 0 bridgehead atoms. The van der Waals surface area contributed by atoms with Crippen LogP contribution in [0.4, 0.5) is 5.82 Å². The molecule has 0 radical (unpaired) electrons. The highest BCUT2D eigenvalue weighted by Gasteiger charge is 2.29. The van der Waals surface area contributed by atoms with Crippen LogP contribution in [0.25, 0.3) is 0 Å². The van der Waals surface area contributed by atoms with Gasteiger partial charge in [-0.1, -0.05) is 18.2 Å². The number of anilines is 1. The van der Waals surface area contributed by atoms with Gasteiger partial charge in [0.15, 0.2) is 0 Å². The van der Waals surface area contributed by atoms with Gasteiger partial charge >= 0.3 is 0 Å². The van der Waals surface area contributed by atoms with Gasteiger partial charge in [-0.15, -0.1) is 0 Å². The van der Waals surface area contributed by atoms with Crippen molar-refractivity contribution in [1.29, 1.82) is 0 Å². The van der Waals surface area contributed by atoms with Crippen molar-refractivity contribution in [3.8, 4) is 0 Å². The first-order chi connectivity index (χ1) is 10.7. The molecule has 0 saturated carbocycles. The minimum Gasteiger partial charge on any atom is -0.384 e. The molecule has 1 atom stereocenters. The van der Waals surface area contributed by atoms with Crippen molar-refractivity contribution >= 4 is 11.7 Å². The number of nitrogens with zero attached hydrogens (tertiary/aromatic N) is 2. The first kappa shape index (κ1) is 14.6. The van der Waals surface area contributed by atoms with E-state index in [0.717, 1.165) is 42.5 Å². The van der Waals surface area contributed by atoms with Gasteiger partial charge in [-0.3, -0.25) is 4.79 Å². The molecule has 1 aromatic heterocycles. The molecule has 4 nitrogen and oxygen atoms in total. The van der Waals surface area contributed by atoms with Crippen LogP contribution >= 0.6 is 0 Å². The van der Waals surface area contributed by atoms with Crippen molar-refractivity contribution in [3.63, 3.8) is 0 Å². The summed E-state index contributed by atoms with van der Waals surface area (Å²) >= 11 is 0. The smallest absolute Gasteiger partial charge is 0.254 e. The van der Waals surface area contributed by atoms with Crippen LogP contribution in [0.1, 0.15) is 46.8 Å². The van der Waals surface area contributed by atoms with Crippen LogP contribution in [-0.4, -0.2) is 22.3 Å². The van der Waals surface area contributed by atoms with E-state index < -0.39 is 0 Å². The SMILES string of the molecule is Cc1cc(N)ncc1C1CCCCN1C(=O)c1ccccc1. The number of hydrogen-bond donors (Lipinski definition) is 1. The van der Waals surface area contributed by atoms with E-state index in [0.29, 0.717) is 5.82 Å². The third-order valence-electron chi connectivity index (χ3n) is 4.32. The second-order valence-electron chi connectivity index (χ2n) is 5.84. The van der Waals surface area contributed by atoms with E-state index in [1.54, 1.807) is 0 Å². The van der Waals surface area contributed by atoms with E-state index >= 15 is 0 Å². The molecule has 4 heteroatoms. The van der Waals surface area contributed by atoms with Crippen LogP contribution in [0, 0.1) is 6.92 Å². The Kier molecular flexibility index (Phi) is 4.09. The lowest BCUT2D eigenvalue weighted by atomic mass is 9.93. The number of carbonyl (C=O) groups excluding carboxylic acids is 1. The molecule has 1 saturated heterocycles. The van der Waals surface area contributed by atoms with Crippen molar-refractivity contribution in [3.05, 3.63) is 59.3 Å². The fraction of sp³-hybridized carbons (Fsp3) is 0.333. The summed E-state index contributed by atoms with van der Waals surface area (Å²) in [6, 6.07) is 11.5. The topological polar surface area (TPSA) is 59.2 Å². The van der Waals surface area contributed by atoms with Gasteiger partial charge in [-0.25, -0.2) is 4.98 Å². The van der Waals surface area contributed by atoms with E-state index in [1.807, 2.05) is 54.4 Å². The van der Waals surface area contributed by atoms with Crippen LogP contribution in [0.2, 0.25) is 0 Å². The van der Waals surface area contributed by atoms with Gasteiger partial charge in [0.25, 0.3) is 5.91 Å². The number of likely N-dealkylation sites (tertiary alicyclic amines) is 1. The molecule has 0 spiro atoms. The second kappa shape index (κ2) is 6.18. The lowest BCUT2D eigenvalue weighted by molar-refractivity contribution is 0.0610. The number of benzene rings is 1. The van der Waals surface area contributed by atoms with Crippen LogP contribution in [-0.2, 0) is 0 Å². The van der Waals surface area contributed by atoms with Crippen molar-refractivity contribution in [2.75, 3.05) is 12.3 Å². The lowest BCUT2D eigenvalue weighted by Crippen LogP contribution is -2.38. The third kappa shape index (κ3) is 2.82. The predicted molar refractivity (Wildman–Crippen MR) is 87.5 cm³/mol. The second-order valence-corrected chi connectivity index (χ2v) is 5.84. The zero-order valence-electron chi connectivity index (χ0n) is 12.8. The third-order valence-corrected chi connectivity index (χ3v) is 4.32. The maximum absolute atomic E-state index is 12.8. The van der Waals surface area contributed by atoms with E-state index in [2.05, 4.69) is 4.98 Å². The predicted octanol–water partition coefficient (Wildman–Crippen LogP) is 3.34. The Hall–Kier alpha value is -2.36. The molecule has 1 amide bonds. The molecule has 1 fully saturated rings. The maximum Gasteiger partial charge on any atom is 0.254 e. The molecule has 3 rings (SSSR count). The number of carbonyl (C=O) groups is 1. The summed E-state index contributed by atoms with van der Waals surface area (Å²) in [7, 11) is 0. The summed E-state index contributed by atoms with van der Waals surface area (Å²) in [6.07, 6.45) is 4.99. The van der Waals surface area contributed by atoms with Crippen molar-refractivity contribution in [1.82, 2.24) is 9.88 Å². The number of aryl methyl sites for hydroxylation is 1. The summed E-state index contributed by atoms with van der Waals surface area (Å²) in [5.41, 5.74) is 8.71. The number of hydrogen-bond acceptors (Lipinski definition) is 3. The highest BCUT2D eigenvalue weighted by molar-refractivity contribution is 5.94. The normalized spacial score (nSPS) is 18.2. The zero-order chi connectivity index (χ0) is 15.5. The van der Waals surface area contributed by atoms with Gasteiger partial charge in [0, 0.05) is 18.3 Å². The monoisotopic (exact) mass is 295 g/mol. The summed E-state index contributed by atoms with van der Waals surface area (Å²) < 4.78 is 0. The molecule has 1 aromatic carbocycles. The van der Waals surface area contributed by atoms with Gasteiger partial charge in [-0.2, -0.15) is 0 Å². The van der Waals surface area contributed by atoms with Gasteiger partial charge in [0.05, 0.1) is 6.04 Å². The molecular weight excluding hydrogens is 274 g/mol. The number of pyridine rings is 1. The average molecular weight is 295 g/mol. The van der Waals surface area contributed by atoms with Gasteiger partial charge in [0.1, 0.15) is 5.82 Å². The largest absolute Gasteiger partial charge is 0.384 e. The number of rotatable bonds is 2. The number of amides is 1. The zero-order valence-corrected chi connectivity index (χ0v) is 12.8. The van der Waals surface area contributed by atoms with E-state index in [4.69, 9.17) is 5.73 Å². The Morgan fingerprint density at radius 1 is 1.27 bits per heavy atom. The van der Waals surface area contributed by atoms with E-state index in [-0.39, 0.29) is 11.9 Å². The Balaban J connectivity index is 1.93. The first-order valence-corrected chi connectivity index (χ1v) is 7.75. The van der Waals surface area contributed by atoms with Crippen LogP contribution in [0.15, 0.2) is 42.6 Å². The fourth-order valence-corrected chi connectivity index (χ4v) is 3.18. The van der Waals surface area contributed by atoms with Crippen LogP contribution in [0.3, 0.4) is 0 Å². The minimum absolute atomic E-state index is 0.0922. The van der Waals surface area contributed by atoms with Crippen LogP contribution < -0.4 is 5.73 Å². The summed E-state index contributed by atoms with van der Waals surface area (Å²) in [5.74, 6) is 0.625. The van der Waals surface area contributed by atoms with Crippen molar-refractivity contribution in [2.45, 2.75) is 32.2 Å². The summed E-state index contributed by atoms with van der Waals surface area (Å²) in [5, 5.41) is 0. The fourth-order valence-electron chi connectivity index (χ4n) is 3.18. The first-order valence-electron chi connectivity index (χ1n) is 7.75. The van der Waals surface area contributed by atoms with E-state index in [9.17, 15) is 4.79 Å². The highest BCUT2D eigenvalue weighted by Crippen LogP contribution is 2.33. The Labute approximate surface area is 131 Å². The van der Waals surface area contributed by atoms with Crippen LogP contribution in [0.5, 0.6) is 0 Å². The van der Waals surface area contributed by atoms with Crippen molar-refractivity contribution < 1.29 is 4.79 Å². The molecule has 2 heterocycles. The van der Waals surface area contributed by atoms with Gasteiger partial charge < -0.3 is 10.6 Å². The molecule has 22 heavy (non-hydrogen) atoms. The summed E-state index contributed by atoms with van der Waals surface area (Å²) in [4.78, 5) is 19.0. The molecule has 1 unspecified atom stereocenters. The Morgan fingerprint density at radius 3 is 2.77 bits per heavy atom. The number of nitrogens with two attached hydrogens (primary N) is 1. The van der Waals surface area contributed by atoms with Crippen molar-refractivity contribution in [2.24, 2.45) is 0 Å². The van der Waals surface area contributed by atoms with Gasteiger partial charge in [-0.05, 0) is 55.5 Å². The quantitative estimate of drug-likeness (QED) is 0.924. The van der Waals surface area contributed by atoms with E-state index in [1.165, 1.54) is 0 Å². The maximum atomic E-state index is 12.8. The number of nitrogen functional groups attached to an aromatic ring is 1.